The number of aromatic nitrogens is 2. The molecule has 4 aromatic rings. The first-order valence-electron chi connectivity index (χ1n) is 8.86. The first-order valence-corrected chi connectivity index (χ1v) is 9.23. The van der Waals surface area contributed by atoms with Gasteiger partial charge in [-0.05, 0) is 48.5 Å². The summed E-state index contributed by atoms with van der Waals surface area (Å²) in [6.07, 6.45) is 0. The molecule has 1 aromatic heterocycles. The van der Waals surface area contributed by atoms with Crippen molar-refractivity contribution in [1.82, 2.24) is 10.1 Å². The van der Waals surface area contributed by atoms with Gasteiger partial charge in [0.25, 0.3) is 11.8 Å². The van der Waals surface area contributed by atoms with Crippen LogP contribution in [0.25, 0.3) is 11.5 Å². The van der Waals surface area contributed by atoms with Crippen LogP contribution < -0.4 is 10.1 Å². The number of amides is 1. The third-order valence-corrected chi connectivity index (χ3v) is 4.33. The highest BCUT2D eigenvalue weighted by Crippen LogP contribution is 2.22. The van der Waals surface area contributed by atoms with Crippen LogP contribution in [-0.2, 0) is 6.61 Å². The number of anilines is 1. The number of nitrogens with zero attached hydrogens (tertiary/aromatic N) is 2. The summed E-state index contributed by atoms with van der Waals surface area (Å²) in [6, 6.07) is 23.3. The normalized spacial score (nSPS) is 10.5. The van der Waals surface area contributed by atoms with Crippen LogP contribution in [0.2, 0.25) is 5.02 Å². The Morgan fingerprint density at radius 3 is 2.48 bits per heavy atom. The van der Waals surface area contributed by atoms with E-state index in [-0.39, 0.29) is 12.5 Å². The molecule has 1 heterocycles. The number of para-hydroxylation sites is 2. The van der Waals surface area contributed by atoms with E-state index in [1.165, 1.54) is 0 Å². The van der Waals surface area contributed by atoms with Gasteiger partial charge in [0.05, 0.1) is 5.56 Å². The molecule has 7 heteroatoms. The van der Waals surface area contributed by atoms with Crippen LogP contribution >= 0.6 is 11.6 Å². The minimum absolute atomic E-state index is 0.0622. The van der Waals surface area contributed by atoms with Crippen molar-refractivity contribution >= 4 is 23.2 Å². The highest BCUT2D eigenvalue weighted by Gasteiger charge is 2.14. The van der Waals surface area contributed by atoms with Crippen molar-refractivity contribution < 1.29 is 14.1 Å². The fraction of sp³-hybridized carbons (Fsp3) is 0.0455. The molecule has 0 aliphatic carbocycles. The molecule has 0 fully saturated rings. The Morgan fingerprint density at radius 1 is 0.966 bits per heavy atom. The third-order valence-electron chi connectivity index (χ3n) is 4.08. The Hall–Kier alpha value is -3.64. The molecule has 29 heavy (non-hydrogen) atoms. The van der Waals surface area contributed by atoms with Crippen LogP contribution in [0.1, 0.15) is 16.2 Å². The minimum atomic E-state index is -0.262. The lowest BCUT2D eigenvalue weighted by Gasteiger charge is -2.10. The maximum Gasteiger partial charge on any atom is 0.259 e. The molecule has 144 valence electrons. The fourth-order valence-electron chi connectivity index (χ4n) is 2.66. The van der Waals surface area contributed by atoms with Crippen molar-refractivity contribution in [3.63, 3.8) is 0 Å². The summed E-state index contributed by atoms with van der Waals surface area (Å²) in [6.45, 7) is 0.0622. The Bertz CT molecular complexity index is 1110. The highest BCUT2D eigenvalue weighted by molar-refractivity contribution is 6.30. The van der Waals surface area contributed by atoms with Crippen molar-refractivity contribution in [1.29, 1.82) is 0 Å². The van der Waals surface area contributed by atoms with Gasteiger partial charge >= 0.3 is 0 Å². The Kier molecular flexibility index (Phi) is 5.54. The summed E-state index contributed by atoms with van der Waals surface area (Å²) in [7, 11) is 0. The quantitative estimate of drug-likeness (QED) is 0.475. The van der Waals surface area contributed by atoms with E-state index in [1.807, 2.05) is 30.3 Å². The van der Waals surface area contributed by atoms with Gasteiger partial charge in [-0.25, -0.2) is 0 Å². The number of carbonyl (C=O) groups excluding carboxylic acids is 1. The lowest BCUT2D eigenvalue weighted by atomic mass is 10.2. The van der Waals surface area contributed by atoms with Crippen molar-refractivity contribution in [3.05, 3.63) is 95.3 Å². The average molecular weight is 406 g/mol. The smallest absolute Gasteiger partial charge is 0.259 e. The van der Waals surface area contributed by atoms with Gasteiger partial charge in [0.1, 0.15) is 5.75 Å². The topological polar surface area (TPSA) is 77.2 Å². The monoisotopic (exact) mass is 405 g/mol. The van der Waals surface area contributed by atoms with Gasteiger partial charge in [-0.2, -0.15) is 4.98 Å². The number of carbonyl (C=O) groups is 1. The molecule has 0 unspecified atom stereocenters. The van der Waals surface area contributed by atoms with E-state index in [1.54, 1.807) is 48.5 Å². The summed E-state index contributed by atoms with van der Waals surface area (Å²) in [5.41, 5.74) is 1.88. The van der Waals surface area contributed by atoms with Crippen LogP contribution in [0.3, 0.4) is 0 Å². The van der Waals surface area contributed by atoms with Gasteiger partial charge in [0.15, 0.2) is 6.61 Å². The van der Waals surface area contributed by atoms with Crippen LogP contribution in [0.4, 0.5) is 5.69 Å². The summed E-state index contributed by atoms with van der Waals surface area (Å²) in [5.74, 6) is 0.907. The van der Waals surface area contributed by atoms with Crippen LogP contribution in [0.15, 0.2) is 83.4 Å². The fourth-order valence-corrected chi connectivity index (χ4v) is 2.79. The second kappa shape index (κ2) is 8.58. The van der Waals surface area contributed by atoms with Crippen molar-refractivity contribution in [3.8, 4) is 17.2 Å². The van der Waals surface area contributed by atoms with Gasteiger partial charge in [-0.1, -0.05) is 47.1 Å². The lowest BCUT2D eigenvalue weighted by Crippen LogP contribution is -2.13. The zero-order chi connectivity index (χ0) is 20.1. The maximum atomic E-state index is 12.6. The molecule has 1 amide bonds. The highest BCUT2D eigenvalue weighted by atomic mass is 35.5. The molecule has 1 N–H and O–H groups in total. The minimum Gasteiger partial charge on any atom is -0.485 e. The largest absolute Gasteiger partial charge is 0.485 e. The van der Waals surface area contributed by atoms with E-state index in [9.17, 15) is 4.79 Å². The molecule has 0 aliphatic rings. The summed E-state index contributed by atoms with van der Waals surface area (Å²) in [5, 5.41) is 7.40. The third kappa shape index (κ3) is 4.62. The van der Waals surface area contributed by atoms with Gasteiger partial charge in [0, 0.05) is 16.3 Å². The first kappa shape index (κ1) is 18.7. The number of hydrogen-bond acceptors (Lipinski definition) is 5. The molecule has 0 saturated heterocycles. The Labute approximate surface area is 172 Å². The zero-order valence-corrected chi connectivity index (χ0v) is 16.0. The predicted molar refractivity (Wildman–Crippen MR) is 110 cm³/mol. The van der Waals surface area contributed by atoms with E-state index in [0.29, 0.717) is 33.7 Å². The zero-order valence-electron chi connectivity index (χ0n) is 15.2. The standard InChI is InChI=1S/C22H16ClN3O3/c23-16-12-10-15(11-13-16)22-25-20(26-29-22)14-28-19-9-5-4-8-18(19)21(27)24-17-6-2-1-3-7-17/h1-13H,14H2,(H,24,27). The summed E-state index contributed by atoms with van der Waals surface area (Å²) in [4.78, 5) is 16.9. The molecule has 4 rings (SSSR count). The van der Waals surface area contributed by atoms with Crippen molar-refractivity contribution in [2.75, 3.05) is 5.32 Å². The average Bonchev–Trinajstić information content (AvgIpc) is 3.23. The van der Waals surface area contributed by atoms with E-state index in [2.05, 4.69) is 15.5 Å². The second-order valence-corrected chi connectivity index (χ2v) is 6.56. The molecule has 0 bridgehead atoms. The van der Waals surface area contributed by atoms with Crippen LogP contribution in [0, 0.1) is 0 Å². The van der Waals surface area contributed by atoms with E-state index in [0.717, 1.165) is 5.56 Å². The predicted octanol–water partition coefficient (Wildman–Crippen LogP) is 5.22. The molecule has 6 nitrogen and oxygen atoms in total. The Morgan fingerprint density at radius 2 is 1.69 bits per heavy atom. The van der Waals surface area contributed by atoms with E-state index in [4.69, 9.17) is 20.9 Å². The number of nitrogens with one attached hydrogen (secondary N) is 1. The van der Waals surface area contributed by atoms with Gasteiger partial charge in [0.2, 0.25) is 5.82 Å². The molecule has 0 aliphatic heterocycles. The SMILES string of the molecule is O=C(Nc1ccccc1)c1ccccc1OCc1noc(-c2ccc(Cl)cc2)n1. The molecular weight excluding hydrogens is 390 g/mol. The number of rotatable bonds is 6. The van der Waals surface area contributed by atoms with Gasteiger partial charge in [-0.15, -0.1) is 0 Å². The Balaban J connectivity index is 1.45. The van der Waals surface area contributed by atoms with Crippen molar-refractivity contribution in [2.24, 2.45) is 0 Å². The van der Waals surface area contributed by atoms with E-state index >= 15 is 0 Å². The first-order chi connectivity index (χ1) is 14.2. The molecule has 0 radical (unpaired) electrons. The van der Waals surface area contributed by atoms with Crippen molar-refractivity contribution in [2.45, 2.75) is 6.61 Å². The van der Waals surface area contributed by atoms with Crippen LogP contribution in [0.5, 0.6) is 5.75 Å². The van der Waals surface area contributed by atoms with E-state index < -0.39 is 0 Å². The number of hydrogen-bond donors (Lipinski definition) is 1. The van der Waals surface area contributed by atoms with Gasteiger partial charge < -0.3 is 14.6 Å². The molecule has 0 atom stereocenters. The number of ether oxygens (including phenoxy) is 1. The molecule has 3 aromatic carbocycles. The summed E-state index contributed by atoms with van der Waals surface area (Å²) < 4.78 is 11.1. The number of benzene rings is 3. The second-order valence-electron chi connectivity index (χ2n) is 6.13. The lowest BCUT2D eigenvalue weighted by molar-refractivity contribution is 0.102. The molecular formula is C22H16ClN3O3. The molecule has 0 saturated carbocycles. The summed E-state index contributed by atoms with van der Waals surface area (Å²) >= 11 is 5.89. The van der Waals surface area contributed by atoms with Gasteiger partial charge in [-0.3, -0.25) is 4.79 Å². The maximum absolute atomic E-state index is 12.6. The van der Waals surface area contributed by atoms with Crippen LogP contribution in [-0.4, -0.2) is 16.0 Å². The molecule has 0 spiro atoms. The number of halogens is 1.